The fourth-order valence-corrected chi connectivity index (χ4v) is 1.67. The number of aryl methyl sites for hydroxylation is 1. The van der Waals surface area contributed by atoms with Crippen molar-refractivity contribution < 1.29 is 14.7 Å². The van der Waals surface area contributed by atoms with Gasteiger partial charge in [-0.15, -0.1) is 0 Å². The number of carboxylic acid groups (broad SMARTS) is 1. The van der Waals surface area contributed by atoms with Crippen LogP contribution in [0, 0.1) is 6.92 Å². The Kier molecular flexibility index (Phi) is 5.91. The van der Waals surface area contributed by atoms with Crippen molar-refractivity contribution >= 4 is 11.9 Å². The van der Waals surface area contributed by atoms with E-state index in [2.05, 4.69) is 5.32 Å². The van der Waals surface area contributed by atoms with Crippen molar-refractivity contribution in [3.05, 3.63) is 35.4 Å². The molecule has 0 saturated heterocycles. The van der Waals surface area contributed by atoms with Crippen molar-refractivity contribution in [2.24, 2.45) is 0 Å². The van der Waals surface area contributed by atoms with Gasteiger partial charge in [-0.05, 0) is 30.9 Å². The Morgan fingerprint density at radius 3 is 2.61 bits per heavy atom. The molecule has 0 saturated carbocycles. The summed E-state index contributed by atoms with van der Waals surface area (Å²) in [7, 11) is 0. The Bertz CT molecular complexity index is 415. The van der Waals surface area contributed by atoms with Crippen molar-refractivity contribution in [1.29, 1.82) is 0 Å². The van der Waals surface area contributed by atoms with E-state index in [1.807, 2.05) is 31.2 Å². The lowest BCUT2D eigenvalue weighted by Gasteiger charge is -2.06. The van der Waals surface area contributed by atoms with Gasteiger partial charge in [0.2, 0.25) is 5.91 Å². The maximum absolute atomic E-state index is 11.6. The summed E-state index contributed by atoms with van der Waals surface area (Å²) in [5, 5.41) is 11.3. The molecule has 0 unspecified atom stereocenters. The number of hydrogen-bond acceptors (Lipinski definition) is 2. The number of benzene rings is 1. The highest BCUT2D eigenvalue weighted by Crippen LogP contribution is 2.07. The van der Waals surface area contributed by atoms with Gasteiger partial charge in [0.25, 0.3) is 0 Å². The minimum atomic E-state index is -0.791. The highest BCUT2D eigenvalue weighted by atomic mass is 16.4. The molecule has 0 spiro atoms. The van der Waals surface area contributed by atoms with Crippen LogP contribution in [0.25, 0.3) is 0 Å². The van der Waals surface area contributed by atoms with Crippen LogP contribution in [-0.2, 0) is 16.0 Å². The summed E-state index contributed by atoms with van der Waals surface area (Å²) in [5.74, 6) is -0.805. The summed E-state index contributed by atoms with van der Waals surface area (Å²) >= 11 is 0. The highest BCUT2D eigenvalue weighted by molar-refractivity contribution is 5.78. The maximum Gasteiger partial charge on any atom is 0.303 e. The molecule has 0 fully saturated rings. The lowest BCUT2D eigenvalue weighted by molar-refractivity contribution is -0.137. The van der Waals surface area contributed by atoms with E-state index in [1.54, 1.807) is 0 Å². The minimum Gasteiger partial charge on any atom is -0.481 e. The number of carbonyl (C=O) groups is 2. The van der Waals surface area contributed by atoms with Crippen LogP contribution in [0.15, 0.2) is 24.3 Å². The number of amides is 1. The molecule has 0 radical (unpaired) electrons. The van der Waals surface area contributed by atoms with Gasteiger partial charge in [-0.3, -0.25) is 9.59 Å². The zero-order chi connectivity index (χ0) is 13.4. The van der Waals surface area contributed by atoms with Gasteiger partial charge in [0.15, 0.2) is 0 Å². The first kappa shape index (κ1) is 14.2. The van der Waals surface area contributed by atoms with Gasteiger partial charge < -0.3 is 10.4 Å². The third-order valence-corrected chi connectivity index (χ3v) is 2.75. The van der Waals surface area contributed by atoms with Gasteiger partial charge in [-0.25, -0.2) is 0 Å². The predicted octanol–water partition coefficient (Wildman–Crippen LogP) is 1.91. The van der Waals surface area contributed by atoms with Crippen LogP contribution >= 0.6 is 0 Å². The van der Waals surface area contributed by atoms with E-state index in [4.69, 9.17) is 5.11 Å². The summed E-state index contributed by atoms with van der Waals surface area (Å²) < 4.78 is 0. The average molecular weight is 249 g/mol. The fraction of sp³-hybridized carbons (Fsp3) is 0.429. The first-order chi connectivity index (χ1) is 8.59. The Labute approximate surface area is 107 Å². The number of hydrogen-bond donors (Lipinski definition) is 2. The minimum absolute atomic E-state index is 0.0142. The second kappa shape index (κ2) is 7.48. The lowest BCUT2D eigenvalue weighted by Crippen LogP contribution is -2.26. The molecule has 0 atom stereocenters. The molecule has 2 N–H and O–H groups in total. The molecule has 1 rings (SSSR count). The number of carboxylic acids is 1. The normalized spacial score (nSPS) is 10.1. The number of unbranched alkanes of at least 4 members (excludes halogenated alkanes) is 1. The molecule has 1 amide bonds. The van der Waals surface area contributed by atoms with Gasteiger partial charge in [0, 0.05) is 13.0 Å². The van der Waals surface area contributed by atoms with Gasteiger partial charge in [0.05, 0.1) is 6.42 Å². The molecule has 0 aliphatic carbocycles. The molecule has 1 aromatic rings. The Balaban J connectivity index is 2.22. The summed E-state index contributed by atoms with van der Waals surface area (Å²) in [6.45, 7) is 2.52. The Morgan fingerprint density at radius 2 is 1.94 bits per heavy atom. The third kappa shape index (κ3) is 5.48. The topological polar surface area (TPSA) is 66.4 Å². The van der Waals surface area contributed by atoms with Gasteiger partial charge in [0.1, 0.15) is 0 Å². The van der Waals surface area contributed by atoms with Crippen LogP contribution in [0.3, 0.4) is 0 Å². The summed E-state index contributed by atoms with van der Waals surface area (Å²) in [5.41, 5.74) is 2.14. The van der Waals surface area contributed by atoms with E-state index < -0.39 is 5.97 Å². The lowest BCUT2D eigenvalue weighted by atomic mass is 10.1. The molecule has 0 aliphatic heterocycles. The smallest absolute Gasteiger partial charge is 0.303 e. The van der Waals surface area contributed by atoms with E-state index in [0.717, 1.165) is 11.1 Å². The summed E-state index contributed by atoms with van der Waals surface area (Å²) in [4.78, 5) is 21.9. The zero-order valence-electron chi connectivity index (χ0n) is 10.6. The zero-order valence-corrected chi connectivity index (χ0v) is 10.6. The Morgan fingerprint density at radius 1 is 1.22 bits per heavy atom. The van der Waals surface area contributed by atoms with E-state index in [0.29, 0.717) is 25.8 Å². The van der Waals surface area contributed by atoms with Gasteiger partial charge in [-0.1, -0.05) is 24.3 Å². The molecule has 0 bridgehead atoms. The summed E-state index contributed by atoms with van der Waals surface area (Å²) in [6.07, 6.45) is 1.84. The van der Waals surface area contributed by atoms with E-state index in [9.17, 15) is 9.59 Å². The number of aliphatic carboxylic acids is 1. The summed E-state index contributed by atoms with van der Waals surface area (Å²) in [6, 6.07) is 7.79. The molecule has 98 valence electrons. The van der Waals surface area contributed by atoms with E-state index >= 15 is 0 Å². The molecule has 0 aliphatic rings. The molecule has 18 heavy (non-hydrogen) atoms. The number of nitrogens with one attached hydrogen (secondary N) is 1. The quantitative estimate of drug-likeness (QED) is 0.725. The molecular formula is C14H19NO3. The van der Waals surface area contributed by atoms with E-state index in [1.165, 1.54) is 0 Å². The SMILES string of the molecule is Cc1ccccc1CC(=O)NCCCCC(=O)O. The molecule has 0 heterocycles. The van der Waals surface area contributed by atoms with Crippen LogP contribution in [-0.4, -0.2) is 23.5 Å². The number of rotatable bonds is 7. The van der Waals surface area contributed by atoms with Crippen LogP contribution in [0.4, 0.5) is 0 Å². The van der Waals surface area contributed by atoms with Gasteiger partial charge in [-0.2, -0.15) is 0 Å². The second-order valence-corrected chi connectivity index (χ2v) is 4.30. The first-order valence-electron chi connectivity index (χ1n) is 6.12. The highest BCUT2D eigenvalue weighted by Gasteiger charge is 2.04. The van der Waals surface area contributed by atoms with Crippen molar-refractivity contribution in [3.8, 4) is 0 Å². The third-order valence-electron chi connectivity index (χ3n) is 2.75. The van der Waals surface area contributed by atoms with Crippen molar-refractivity contribution in [2.45, 2.75) is 32.6 Å². The molecule has 1 aromatic carbocycles. The van der Waals surface area contributed by atoms with Crippen molar-refractivity contribution in [3.63, 3.8) is 0 Å². The average Bonchev–Trinajstić information content (AvgIpc) is 2.31. The fourth-order valence-electron chi connectivity index (χ4n) is 1.67. The molecule has 0 aromatic heterocycles. The predicted molar refractivity (Wildman–Crippen MR) is 69.4 cm³/mol. The van der Waals surface area contributed by atoms with Crippen molar-refractivity contribution in [2.75, 3.05) is 6.54 Å². The molecular weight excluding hydrogens is 230 g/mol. The largest absolute Gasteiger partial charge is 0.481 e. The monoisotopic (exact) mass is 249 g/mol. The van der Waals surface area contributed by atoms with Crippen molar-refractivity contribution in [1.82, 2.24) is 5.32 Å². The van der Waals surface area contributed by atoms with Crippen LogP contribution in [0.2, 0.25) is 0 Å². The van der Waals surface area contributed by atoms with Gasteiger partial charge >= 0.3 is 5.97 Å². The Hall–Kier alpha value is -1.84. The standard InChI is InChI=1S/C14H19NO3/c1-11-6-2-3-7-12(11)10-13(16)15-9-5-4-8-14(17)18/h2-3,6-7H,4-5,8-10H2,1H3,(H,15,16)(H,17,18). The van der Waals surface area contributed by atoms with E-state index in [-0.39, 0.29) is 12.3 Å². The van der Waals surface area contributed by atoms with Crippen LogP contribution in [0.1, 0.15) is 30.4 Å². The van der Waals surface area contributed by atoms with Crippen LogP contribution < -0.4 is 5.32 Å². The number of carbonyl (C=O) groups excluding carboxylic acids is 1. The first-order valence-corrected chi connectivity index (χ1v) is 6.12. The maximum atomic E-state index is 11.6. The molecule has 4 heteroatoms. The molecule has 4 nitrogen and oxygen atoms in total. The second-order valence-electron chi connectivity index (χ2n) is 4.30. The van der Waals surface area contributed by atoms with Crippen LogP contribution in [0.5, 0.6) is 0 Å².